The van der Waals surface area contributed by atoms with Crippen LogP contribution >= 0.6 is 22.9 Å². The third-order valence-electron chi connectivity index (χ3n) is 2.20. The van der Waals surface area contributed by atoms with Crippen LogP contribution in [0.4, 0.5) is 10.8 Å². The van der Waals surface area contributed by atoms with Crippen molar-refractivity contribution in [2.24, 2.45) is 0 Å². The maximum absolute atomic E-state index is 11.0. The van der Waals surface area contributed by atoms with Gasteiger partial charge in [-0.1, -0.05) is 17.7 Å². The Bertz CT molecular complexity index is 568. The number of nitrogens with one attached hydrogen (secondary N) is 1. The summed E-state index contributed by atoms with van der Waals surface area (Å²) in [4.78, 5) is 15.0. The van der Waals surface area contributed by atoms with Crippen molar-refractivity contribution in [2.45, 2.75) is 6.92 Å². The Hall–Kier alpha value is -1.59. The lowest BCUT2D eigenvalue weighted by Gasteiger charge is -2.06. The smallest absolute Gasteiger partial charge is 0.336 e. The van der Waals surface area contributed by atoms with E-state index < -0.39 is 5.97 Å². The van der Waals surface area contributed by atoms with E-state index in [0.29, 0.717) is 16.0 Å². The van der Waals surface area contributed by atoms with Gasteiger partial charge in [0.1, 0.15) is 5.15 Å². The van der Waals surface area contributed by atoms with E-state index in [9.17, 15) is 4.79 Å². The molecule has 88 valence electrons. The summed E-state index contributed by atoms with van der Waals surface area (Å²) in [6.07, 6.45) is 0. The van der Waals surface area contributed by atoms with Gasteiger partial charge in [-0.2, -0.15) is 0 Å². The number of hydrogen-bond acceptors (Lipinski definition) is 4. The molecule has 0 aliphatic rings. The molecule has 17 heavy (non-hydrogen) atoms. The molecule has 1 aromatic heterocycles. The van der Waals surface area contributed by atoms with E-state index in [1.54, 1.807) is 30.5 Å². The molecule has 1 heterocycles. The van der Waals surface area contributed by atoms with Crippen molar-refractivity contribution in [2.75, 3.05) is 5.32 Å². The van der Waals surface area contributed by atoms with Crippen molar-refractivity contribution in [1.82, 2.24) is 4.98 Å². The summed E-state index contributed by atoms with van der Waals surface area (Å²) in [6, 6.07) is 5.13. The quantitative estimate of drug-likeness (QED) is 0.894. The summed E-state index contributed by atoms with van der Waals surface area (Å²) >= 11 is 7.06. The number of carboxylic acid groups (broad SMARTS) is 1. The molecule has 0 saturated heterocycles. The van der Waals surface area contributed by atoms with Crippen LogP contribution in [0.1, 0.15) is 15.9 Å². The number of aromatic carboxylic acids is 1. The van der Waals surface area contributed by atoms with Gasteiger partial charge in [0.05, 0.1) is 5.56 Å². The molecule has 0 atom stereocenters. The van der Waals surface area contributed by atoms with Gasteiger partial charge in [-0.15, -0.1) is 11.3 Å². The maximum atomic E-state index is 11.0. The molecule has 1 aromatic carbocycles. The van der Waals surface area contributed by atoms with Gasteiger partial charge < -0.3 is 10.4 Å². The zero-order chi connectivity index (χ0) is 12.4. The van der Waals surface area contributed by atoms with Crippen molar-refractivity contribution >= 4 is 39.7 Å². The highest BCUT2D eigenvalue weighted by atomic mass is 35.5. The molecule has 0 saturated carbocycles. The number of rotatable bonds is 3. The molecule has 0 fully saturated rings. The first-order valence-electron chi connectivity index (χ1n) is 4.78. The average molecular weight is 269 g/mol. The lowest BCUT2D eigenvalue weighted by Crippen LogP contribution is -2.01. The van der Waals surface area contributed by atoms with Gasteiger partial charge >= 0.3 is 5.97 Å². The number of hydrogen-bond donors (Lipinski definition) is 2. The first-order chi connectivity index (χ1) is 8.06. The van der Waals surface area contributed by atoms with Crippen molar-refractivity contribution < 1.29 is 9.90 Å². The fourth-order valence-corrected chi connectivity index (χ4v) is 2.22. The number of halogens is 1. The van der Waals surface area contributed by atoms with E-state index in [1.165, 1.54) is 11.3 Å². The second-order valence-corrected chi connectivity index (χ2v) is 4.68. The lowest BCUT2D eigenvalue weighted by atomic mass is 10.1. The van der Waals surface area contributed by atoms with E-state index in [4.69, 9.17) is 16.7 Å². The Labute approximate surface area is 107 Å². The monoisotopic (exact) mass is 268 g/mol. The maximum Gasteiger partial charge on any atom is 0.336 e. The van der Waals surface area contributed by atoms with Crippen LogP contribution in [0.25, 0.3) is 0 Å². The van der Waals surface area contributed by atoms with Crippen LogP contribution < -0.4 is 5.32 Å². The van der Waals surface area contributed by atoms with Crippen LogP contribution in [-0.2, 0) is 0 Å². The number of thiazole rings is 1. The number of carboxylic acids is 1. The van der Waals surface area contributed by atoms with Crippen molar-refractivity contribution in [3.63, 3.8) is 0 Å². The number of aromatic nitrogens is 1. The highest BCUT2D eigenvalue weighted by Gasteiger charge is 2.08. The summed E-state index contributed by atoms with van der Waals surface area (Å²) < 4.78 is 0. The van der Waals surface area contributed by atoms with Gasteiger partial charge in [0, 0.05) is 11.1 Å². The minimum absolute atomic E-state index is 0.276. The molecule has 0 radical (unpaired) electrons. The Morgan fingerprint density at radius 1 is 1.53 bits per heavy atom. The Morgan fingerprint density at radius 2 is 2.29 bits per heavy atom. The zero-order valence-electron chi connectivity index (χ0n) is 8.90. The molecule has 4 nitrogen and oxygen atoms in total. The standard InChI is InChI=1S/C11H9ClN2O2S/c1-6-2-3-7(4-8(6)10(15)16)13-11-14-9(12)5-17-11/h2-5H,1H3,(H,13,14)(H,15,16). The first-order valence-corrected chi connectivity index (χ1v) is 6.04. The van der Waals surface area contributed by atoms with Crippen LogP contribution in [0, 0.1) is 6.92 Å². The topological polar surface area (TPSA) is 62.2 Å². The van der Waals surface area contributed by atoms with Crippen LogP contribution in [0.15, 0.2) is 23.6 Å². The zero-order valence-corrected chi connectivity index (χ0v) is 10.5. The van der Waals surface area contributed by atoms with Gasteiger partial charge in [-0.3, -0.25) is 0 Å². The van der Waals surface area contributed by atoms with Crippen molar-refractivity contribution in [1.29, 1.82) is 0 Å². The van der Waals surface area contributed by atoms with Crippen LogP contribution in [0.3, 0.4) is 0 Å². The second-order valence-electron chi connectivity index (χ2n) is 3.44. The molecule has 6 heteroatoms. The lowest BCUT2D eigenvalue weighted by molar-refractivity contribution is 0.0696. The molecule has 0 aliphatic carbocycles. The predicted octanol–water partition coefficient (Wildman–Crippen LogP) is 3.55. The fourth-order valence-electron chi connectivity index (χ4n) is 1.37. The number of anilines is 2. The van der Waals surface area contributed by atoms with E-state index in [-0.39, 0.29) is 5.56 Å². The van der Waals surface area contributed by atoms with Crippen molar-refractivity contribution in [3.05, 3.63) is 39.9 Å². The van der Waals surface area contributed by atoms with E-state index in [0.717, 1.165) is 5.56 Å². The van der Waals surface area contributed by atoms with Gasteiger partial charge in [0.15, 0.2) is 5.13 Å². The highest BCUT2D eigenvalue weighted by Crippen LogP contribution is 2.24. The fraction of sp³-hybridized carbons (Fsp3) is 0.0909. The van der Waals surface area contributed by atoms with Crippen LogP contribution in [0.2, 0.25) is 5.15 Å². The summed E-state index contributed by atoms with van der Waals surface area (Å²) in [7, 11) is 0. The van der Waals surface area contributed by atoms with Crippen molar-refractivity contribution in [3.8, 4) is 0 Å². The average Bonchev–Trinajstić information content (AvgIpc) is 2.66. The highest BCUT2D eigenvalue weighted by molar-refractivity contribution is 7.14. The number of carbonyl (C=O) groups is 1. The third kappa shape index (κ3) is 2.75. The van der Waals surface area contributed by atoms with E-state index in [2.05, 4.69) is 10.3 Å². The number of aryl methyl sites for hydroxylation is 1. The van der Waals surface area contributed by atoms with Gasteiger partial charge in [-0.25, -0.2) is 9.78 Å². The summed E-state index contributed by atoms with van der Waals surface area (Å²) in [6.45, 7) is 1.76. The summed E-state index contributed by atoms with van der Waals surface area (Å²) in [5.74, 6) is -0.941. The Morgan fingerprint density at radius 3 is 2.88 bits per heavy atom. The minimum Gasteiger partial charge on any atom is -0.478 e. The molecular weight excluding hydrogens is 260 g/mol. The van der Waals surface area contributed by atoms with Gasteiger partial charge in [0.2, 0.25) is 0 Å². The largest absolute Gasteiger partial charge is 0.478 e. The predicted molar refractivity (Wildman–Crippen MR) is 68.5 cm³/mol. The molecule has 2 N–H and O–H groups in total. The van der Waals surface area contributed by atoms with E-state index >= 15 is 0 Å². The minimum atomic E-state index is -0.941. The molecule has 2 rings (SSSR count). The molecule has 2 aromatic rings. The number of nitrogens with zero attached hydrogens (tertiary/aromatic N) is 1. The van der Waals surface area contributed by atoms with Crippen LogP contribution in [-0.4, -0.2) is 16.1 Å². The SMILES string of the molecule is Cc1ccc(Nc2nc(Cl)cs2)cc1C(=O)O. The Kier molecular flexibility index (Phi) is 3.31. The molecule has 0 amide bonds. The van der Waals surface area contributed by atoms with E-state index in [1.807, 2.05) is 0 Å². The number of benzene rings is 1. The van der Waals surface area contributed by atoms with Gasteiger partial charge in [-0.05, 0) is 24.6 Å². The second kappa shape index (κ2) is 4.73. The first kappa shape index (κ1) is 11.9. The van der Waals surface area contributed by atoms with Gasteiger partial charge in [0.25, 0.3) is 0 Å². The molecule has 0 aliphatic heterocycles. The molecular formula is C11H9ClN2O2S. The molecule has 0 unspecified atom stereocenters. The third-order valence-corrected chi connectivity index (χ3v) is 3.28. The molecule has 0 bridgehead atoms. The normalized spacial score (nSPS) is 10.2. The summed E-state index contributed by atoms with van der Waals surface area (Å²) in [5, 5.41) is 14.8. The van der Waals surface area contributed by atoms with Crippen LogP contribution in [0.5, 0.6) is 0 Å². The Balaban J connectivity index is 2.28. The summed E-state index contributed by atoms with van der Waals surface area (Å²) in [5.41, 5.74) is 1.68. The molecule has 0 spiro atoms.